The van der Waals surface area contributed by atoms with Gasteiger partial charge in [0.1, 0.15) is 0 Å². The van der Waals surface area contributed by atoms with Crippen molar-refractivity contribution in [3.63, 3.8) is 0 Å². The predicted molar refractivity (Wildman–Crippen MR) is 151 cm³/mol. The molecule has 178 valence electrons. The first-order valence-electron chi connectivity index (χ1n) is 11.2. The molecule has 0 fully saturated rings. The number of nitrogen functional groups attached to an aromatic ring is 1. The summed E-state index contributed by atoms with van der Waals surface area (Å²) in [5, 5.41) is 1.09. The number of aromatic nitrogens is 2. The maximum Gasteiger partial charge on any atom is 0.0788 e. The highest BCUT2D eigenvalue weighted by atomic mass is 35.5. The molecule has 0 spiro atoms. The van der Waals surface area contributed by atoms with E-state index in [1.165, 1.54) is 5.56 Å². The minimum Gasteiger partial charge on any atom is -0.399 e. The lowest BCUT2D eigenvalue weighted by Gasteiger charge is -2.14. The zero-order valence-electron chi connectivity index (χ0n) is 19.2. The standard InChI is InChI=1S/C29H26N4.2ClH/c30-19-21-6-11-23(12-7-21)29-25(22-4-2-1-3-5-22)18-26-27(32-17-16-28(26)33-29)15-10-20-8-13-24(31)14-9-20;;/h1-9,11-14,16-18H,10,15,19,30-31H2;2*1H. The first kappa shape index (κ1) is 26.2. The van der Waals surface area contributed by atoms with E-state index in [2.05, 4.69) is 66.7 Å². The van der Waals surface area contributed by atoms with Gasteiger partial charge < -0.3 is 11.5 Å². The molecule has 4 nitrogen and oxygen atoms in total. The third-order valence-corrected chi connectivity index (χ3v) is 6.00. The molecule has 5 aromatic rings. The smallest absolute Gasteiger partial charge is 0.0788 e. The second kappa shape index (κ2) is 11.8. The number of anilines is 1. The van der Waals surface area contributed by atoms with Gasteiger partial charge in [0.25, 0.3) is 0 Å². The van der Waals surface area contributed by atoms with Gasteiger partial charge in [-0.25, -0.2) is 4.98 Å². The lowest BCUT2D eigenvalue weighted by Crippen LogP contribution is -1.99. The fourth-order valence-corrected chi connectivity index (χ4v) is 4.16. The van der Waals surface area contributed by atoms with Gasteiger partial charge in [-0.1, -0.05) is 66.7 Å². The van der Waals surface area contributed by atoms with Crippen molar-refractivity contribution in [2.45, 2.75) is 19.4 Å². The predicted octanol–water partition coefficient (Wildman–Crippen LogP) is 6.63. The molecule has 0 aliphatic carbocycles. The molecule has 2 heterocycles. The zero-order valence-corrected chi connectivity index (χ0v) is 20.9. The van der Waals surface area contributed by atoms with Crippen LogP contribution >= 0.6 is 24.8 Å². The molecule has 0 bridgehead atoms. The molecule has 4 N–H and O–H groups in total. The van der Waals surface area contributed by atoms with Crippen LogP contribution in [0.5, 0.6) is 0 Å². The van der Waals surface area contributed by atoms with Gasteiger partial charge in [-0.15, -0.1) is 24.8 Å². The van der Waals surface area contributed by atoms with Gasteiger partial charge in [-0.3, -0.25) is 4.98 Å². The molecule has 0 saturated heterocycles. The first-order valence-corrected chi connectivity index (χ1v) is 11.2. The van der Waals surface area contributed by atoms with Crippen molar-refractivity contribution < 1.29 is 0 Å². The molecule has 6 heteroatoms. The number of halogens is 2. The fraction of sp³-hybridized carbons (Fsp3) is 0.103. The normalized spacial score (nSPS) is 10.4. The summed E-state index contributed by atoms with van der Waals surface area (Å²) in [6.07, 6.45) is 3.59. The van der Waals surface area contributed by atoms with Crippen LogP contribution in [0.3, 0.4) is 0 Å². The molecule has 2 aromatic heterocycles. The Morgan fingerprint density at radius 2 is 1.37 bits per heavy atom. The van der Waals surface area contributed by atoms with Crippen LogP contribution in [0.15, 0.2) is 97.2 Å². The molecule has 0 radical (unpaired) electrons. The molecule has 3 aromatic carbocycles. The van der Waals surface area contributed by atoms with E-state index in [-0.39, 0.29) is 24.8 Å². The third kappa shape index (κ3) is 5.80. The van der Waals surface area contributed by atoms with Crippen molar-refractivity contribution >= 4 is 41.4 Å². The Balaban J connectivity index is 0.00000171. The summed E-state index contributed by atoms with van der Waals surface area (Å²) in [6, 6.07) is 31.1. The summed E-state index contributed by atoms with van der Waals surface area (Å²) in [4.78, 5) is 9.84. The summed E-state index contributed by atoms with van der Waals surface area (Å²) in [7, 11) is 0. The molecular formula is C29H28Cl2N4. The molecule has 0 atom stereocenters. The van der Waals surface area contributed by atoms with E-state index < -0.39 is 0 Å². The highest BCUT2D eigenvalue weighted by Gasteiger charge is 2.14. The monoisotopic (exact) mass is 502 g/mol. The molecule has 0 aliphatic rings. The fourth-order valence-electron chi connectivity index (χ4n) is 4.16. The van der Waals surface area contributed by atoms with Crippen LogP contribution in [0.25, 0.3) is 33.3 Å². The summed E-state index contributed by atoms with van der Waals surface area (Å²) in [5.74, 6) is 0. The van der Waals surface area contributed by atoms with Gasteiger partial charge in [0.2, 0.25) is 0 Å². The Kier molecular flexibility index (Phi) is 8.83. The van der Waals surface area contributed by atoms with E-state index in [0.717, 1.165) is 63.1 Å². The summed E-state index contributed by atoms with van der Waals surface area (Å²) >= 11 is 0. The minimum atomic E-state index is 0. The Hall–Kier alpha value is -3.44. The van der Waals surface area contributed by atoms with E-state index in [1.807, 2.05) is 30.5 Å². The van der Waals surface area contributed by atoms with Crippen molar-refractivity contribution in [1.29, 1.82) is 0 Å². The van der Waals surface area contributed by atoms with Crippen LogP contribution in [-0.4, -0.2) is 9.97 Å². The zero-order chi connectivity index (χ0) is 22.6. The minimum absolute atomic E-state index is 0. The van der Waals surface area contributed by atoms with Crippen LogP contribution < -0.4 is 11.5 Å². The Morgan fingerprint density at radius 3 is 2.06 bits per heavy atom. The Labute approximate surface area is 218 Å². The van der Waals surface area contributed by atoms with Crippen LogP contribution in [-0.2, 0) is 19.4 Å². The van der Waals surface area contributed by atoms with Gasteiger partial charge in [-0.05, 0) is 53.8 Å². The van der Waals surface area contributed by atoms with E-state index in [1.54, 1.807) is 0 Å². The molecule has 35 heavy (non-hydrogen) atoms. The Morgan fingerprint density at radius 1 is 0.686 bits per heavy atom. The van der Waals surface area contributed by atoms with Gasteiger partial charge >= 0.3 is 0 Å². The van der Waals surface area contributed by atoms with Gasteiger partial charge in [0.05, 0.1) is 16.9 Å². The SMILES string of the molecule is Cl.Cl.NCc1ccc(-c2nc3ccnc(CCc4ccc(N)cc4)c3cc2-c2ccccc2)cc1. The lowest BCUT2D eigenvalue weighted by molar-refractivity contribution is 0.925. The van der Waals surface area contributed by atoms with Gasteiger partial charge in [0, 0.05) is 34.9 Å². The van der Waals surface area contributed by atoms with Crippen LogP contribution in [0.2, 0.25) is 0 Å². The summed E-state index contributed by atoms with van der Waals surface area (Å²) in [6.45, 7) is 0.528. The van der Waals surface area contributed by atoms with Gasteiger partial charge in [0.15, 0.2) is 0 Å². The average Bonchev–Trinajstić information content (AvgIpc) is 2.88. The van der Waals surface area contributed by atoms with E-state index in [9.17, 15) is 0 Å². The number of aryl methyl sites for hydroxylation is 2. The topological polar surface area (TPSA) is 77.8 Å². The second-order valence-electron chi connectivity index (χ2n) is 8.22. The number of rotatable bonds is 6. The summed E-state index contributed by atoms with van der Waals surface area (Å²) in [5.41, 5.74) is 21.1. The number of nitrogens with zero attached hydrogens (tertiary/aromatic N) is 2. The summed E-state index contributed by atoms with van der Waals surface area (Å²) < 4.78 is 0. The van der Waals surface area contributed by atoms with E-state index >= 15 is 0 Å². The molecule has 0 amide bonds. The maximum atomic E-state index is 5.83. The average molecular weight is 503 g/mol. The van der Waals surface area contributed by atoms with Crippen LogP contribution in [0.4, 0.5) is 5.69 Å². The lowest BCUT2D eigenvalue weighted by atomic mass is 9.96. The van der Waals surface area contributed by atoms with Crippen LogP contribution in [0, 0.1) is 0 Å². The quantitative estimate of drug-likeness (QED) is 0.255. The highest BCUT2D eigenvalue weighted by molar-refractivity contribution is 5.92. The Bertz CT molecular complexity index is 1390. The number of hydrogen-bond donors (Lipinski definition) is 2. The third-order valence-electron chi connectivity index (χ3n) is 6.00. The van der Waals surface area contributed by atoms with Crippen molar-refractivity contribution in [2.24, 2.45) is 5.73 Å². The molecule has 0 saturated carbocycles. The largest absolute Gasteiger partial charge is 0.399 e. The number of pyridine rings is 2. The van der Waals surface area contributed by atoms with Crippen molar-refractivity contribution in [2.75, 3.05) is 5.73 Å². The van der Waals surface area contributed by atoms with E-state index in [4.69, 9.17) is 21.4 Å². The highest BCUT2D eigenvalue weighted by Crippen LogP contribution is 2.34. The molecule has 0 unspecified atom stereocenters. The number of fused-ring (bicyclic) bond motifs is 1. The molecule has 5 rings (SSSR count). The maximum absolute atomic E-state index is 5.83. The van der Waals surface area contributed by atoms with E-state index in [0.29, 0.717) is 6.54 Å². The number of benzene rings is 3. The van der Waals surface area contributed by atoms with Crippen LogP contribution in [0.1, 0.15) is 16.8 Å². The number of nitrogens with two attached hydrogens (primary N) is 2. The second-order valence-corrected chi connectivity index (χ2v) is 8.22. The molecule has 0 aliphatic heterocycles. The van der Waals surface area contributed by atoms with Gasteiger partial charge in [-0.2, -0.15) is 0 Å². The molecular weight excluding hydrogens is 475 g/mol. The van der Waals surface area contributed by atoms with Crippen molar-refractivity contribution in [3.8, 4) is 22.4 Å². The van der Waals surface area contributed by atoms with Crippen molar-refractivity contribution in [1.82, 2.24) is 9.97 Å². The first-order chi connectivity index (χ1) is 16.2. The number of hydrogen-bond acceptors (Lipinski definition) is 4. The van der Waals surface area contributed by atoms with Crippen molar-refractivity contribution in [3.05, 3.63) is 114 Å².